The summed E-state index contributed by atoms with van der Waals surface area (Å²) in [6.45, 7) is 0.829. The summed E-state index contributed by atoms with van der Waals surface area (Å²) >= 11 is 0. The molecule has 1 aliphatic heterocycles. The molecule has 1 amide bonds. The van der Waals surface area contributed by atoms with Crippen LogP contribution in [-0.4, -0.2) is 45.3 Å². The average molecular weight is 361 g/mol. The van der Waals surface area contributed by atoms with Gasteiger partial charge in [0.05, 0.1) is 27.9 Å². The van der Waals surface area contributed by atoms with Crippen LogP contribution in [0, 0.1) is 5.82 Å². The molecule has 3 rings (SSSR count). The largest absolute Gasteiger partial charge is 0.493 e. The van der Waals surface area contributed by atoms with Gasteiger partial charge >= 0.3 is 0 Å². The lowest BCUT2D eigenvalue weighted by atomic mass is 10.1. The summed E-state index contributed by atoms with van der Waals surface area (Å²) in [4.78, 5) is 14.6. The third-order valence-corrected chi connectivity index (χ3v) is 4.22. The first kappa shape index (κ1) is 18.0. The minimum atomic E-state index is -0.567. The molecule has 7 heteroatoms. The van der Waals surface area contributed by atoms with Crippen LogP contribution < -0.4 is 14.2 Å². The molecule has 0 bridgehead atoms. The summed E-state index contributed by atoms with van der Waals surface area (Å²) < 4.78 is 34.8. The minimum Gasteiger partial charge on any atom is -0.493 e. The molecule has 1 aliphatic rings. The Hall–Kier alpha value is -2.80. The van der Waals surface area contributed by atoms with E-state index < -0.39 is 6.23 Å². The Balaban J connectivity index is 1.94. The average Bonchev–Trinajstić information content (AvgIpc) is 3.16. The van der Waals surface area contributed by atoms with E-state index in [4.69, 9.17) is 18.9 Å². The highest BCUT2D eigenvalue weighted by atomic mass is 19.1. The molecule has 2 aromatic carbocycles. The van der Waals surface area contributed by atoms with Gasteiger partial charge in [0.1, 0.15) is 5.82 Å². The van der Waals surface area contributed by atoms with Gasteiger partial charge in [0, 0.05) is 17.7 Å². The van der Waals surface area contributed by atoms with Gasteiger partial charge in [0.25, 0.3) is 5.91 Å². The molecule has 2 aromatic rings. The van der Waals surface area contributed by atoms with Gasteiger partial charge in [-0.2, -0.15) is 0 Å². The maximum Gasteiger partial charge on any atom is 0.256 e. The summed E-state index contributed by atoms with van der Waals surface area (Å²) in [7, 11) is 4.48. The van der Waals surface area contributed by atoms with E-state index in [1.807, 2.05) is 0 Å². The van der Waals surface area contributed by atoms with E-state index in [2.05, 4.69) is 0 Å². The van der Waals surface area contributed by atoms with Crippen molar-refractivity contribution >= 4 is 5.91 Å². The number of carbonyl (C=O) groups is 1. The molecule has 1 fully saturated rings. The summed E-state index contributed by atoms with van der Waals surface area (Å²) in [6.07, 6.45) is -0.567. The molecule has 1 heterocycles. The zero-order chi connectivity index (χ0) is 18.7. The Morgan fingerprint density at radius 3 is 2.23 bits per heavy atom. The second-order valence-corrected chi connectivity index (χ2v) is 5.69. The van der Waals surface area contributed by atoms with Gasteiger partial charge in [-0.3, -0.25) is 4.79 Å². The van der Waals surface area contributed by atoms with Crippen LogP contribution in [-0.2, 0) is 4.74 Å². The van der Waals surface area contributed by atoms with Gasteiger partial charge in [0.15, 0.2) is 17.7 Å². The van der Waals surface area contributed by atoms with Crippen molar-refractivity contribution in [2.24, 2.45) is 0 Å². The van der Waals surface area contributed by atoms with Crippen molar-refractivity contribution in [2.45, 2.75) is 6.23 Å². The van der Waals surface area contributed by atoms with Crippen molar-refractivity contribution < 1.29 is 28.1 Å². The fraction of sp³-hybridized carbons (Fsp3) is 0.316. The summed E-state index contributed by atoms with van der Waals surface area (Å²) in [5.41, 5.74) is 1.10. The summed E-state index contributed by atoms with van der Waals surface area (Å²) in [5, 5.41) is 0. The molecule has 138 valence electrons. The lowest BCUT2D eigenvalue weighted by Crippen LogP contribution is -2.31. The summed E-state index contributed by atoms with van der Waals surface area (Å²) in [5.74, 6) is 0.631. The van der Waals surface area contributed by atoms with Crippen molar-refractivity contribution in [3.63, 3.8) is 0 Å². The van der Waals surface area contributed by atoms with Gasteiger partial charge in [-0.05, 0) is 24.3 Å². The molecule has 0 N–H and O–H groups in total. The van der Waals surface area contributed by atoms with Gasteiger partial charge in [-0.25, -0.2) is 4.39 Å². The van der Waals surface area contributed by atoms with Crippen molar-refractivity contribution in [3.05, 3.63) is 53.3 Å². The molecule has 0 spiro atoms. The SMILES string of the molecule is COc1cc(C(=O)N2CCOC2c2ccc(F)cc2)cc(OC)c1OC. The van der Waals surface area contributed by atoms with Gasteiger partial charge in [-0.1, -0.05) is 12.1 Å². The highest BCUT2D eigenvalue weighted by Gasteiger charge is 2.32. The molecule has 1 atom stereocenters. The Morgan fingerprint density at radius 2 is 1.69 bits per heavy atom. The van der Waals surface area contributed by atoms with E-state index in [0.717, 1.165) is 0 Å². The first-order chi connectivity index (χ1) is 12.6. The first-order valence-electron chi connectivity index (χ1n) is 8.07. The van der Waals surface area contributed by atoms with Crippen molar-refractivity contribution in [3.8, 4) is 17.2 Å². The van der Waals surface area contributed by atoms with Crippen molar-refractivity contribution in [2.75, 3.05) is 34.5 Å². The number of rotatable bonds is 5. The lowest BCUT2D eigenvalue weighted by Gasteiger charge is -2.24. The molecular formula is C19H20FNO5. The molecule has 6 nitrogen and oxygen atoms in total. The number of benzene rings is 2. The Bertz CT molecular complexity index is 768. The minimum absolute atomic E-state index is 0.240. The maximum atomic E-state index is 13.2. The fourth-order valence-corrected chi connectivity index (χ4v) is 2.95. The third kappa shape index (κ3) is 3.30. The number of hydrogen-bond donors (Lipinski definition) is 0. The molecule has 0 aromatic heterocycles. The maximum absolute atomic E-state index is 13.2. The van der Waals surface area contributed by atoms with Crippen LogP contribution in [0.5, 0.6) is 17.2 Å². The Morgan fingerprint density at radius 1 is 1.08 bits per heavy atom. The monoisotopic (exact) mass is 361 g/mol. The smallest absolute Gasteiger partial charge is 0.256 e. The number of nitrogens with zero attached hydrogens (tertiary/aromatic N) is 1. The highest BCUT2D eigenvalue weighted by Crippen LogP contribution is 2.39. The molecule has 26 heavy (non-hydrogen) atoms. The van der Waals surface area contributed by atoms with Crippen molar-refractivity contribution in [1.29, 1.82) is 0 Å². The van der Waals surface area contributed by atoms with E-state index in [-0.39, 0.29) is 11.7 Å². The van der Waals surface area contributed by atoms with Crippen LogP contribution >= 0.6 is 0 Å². The topological polar surface area (TPSA) is 57.2 Å². The van der Waals surface area contributed by atoms with E-state index in [9.17, 15) is 9.18 Å². The quantitative estimate of drug-likeness (QED) is 0.819. The van der Waals surface area contributed by atoms with Crippen LogP contribution in [0.25, 0.3) is 0 Å². The van der Waals surface area contributed by atoms with E-state index in [0.29, 0.717) is 41.5 Å². The normalized spacial score (nSPS) is 16.5. The number of amides is 1. The van der Waals surface area contributed by atoms with Crippen LogP contribution in [0.15, 0.2) is 36.4 Å². The molecule has 1 unspecified atom stereocenters. The van der Waals surface area contributed by atoms with E-state index in [1.165, 1.54) is 33.5 Å². The standard InChI is InChI=1S/C19H20FNO5/c1-23-15-10-13(11-16(24-2)17(15)25-3)18(22)21-8-9-26-19(21)12-4-6-14(20)7-5-12/h4-7,10-11,19H,8-9H2,1-3H3. The number of methoxy groups -OCH3 is 3. The second-order valence-electron chi connectivity index (χ2n) is 5.69. The molecule has 1 saturated heterocycles. The van der Waals surface area contributed by atoms with Crippen molar-refractivity contribution in [1.82, 2.24) is 4.90 Å². The summed E-state index contributed by atoms with van der Waals surface area (Å²) in [6, 6.07) is 9.12. The zero-order valence-electron chi connectivity index (χ0n) is 14.8. The molecule has 0 aliphatic carbocycles. The van der Waals surface area contributed by atoms with Crippen LogP contribution in [0.1, 0.15) is 22.1 Å². The zero-order valence-corrected chi connectivity index (χ0v) is 14.8. The second kappa shape index (κ2) is 7.61. The van der Waals surface area contributed by atoms with Gasteiger partial charge in [0.2, 0.25) is 5.75 Å². The lowest BCUT2D eigenvalue weighted by molar-refractivity contribution is 0.0271. The fourth-order valence-electron chi connectivity index (χ4n) is 2.95. The Kier molecular flexibility index (Phi) is 5.27. The number of halogens is 1. The molecule has 0 radical (unpaired) electrons. The van der Waals surface area contributed by atoms with Crippen LogP contribution in [0.4, 0.5) is 4.39 Å². The predicted molar refractivity (Wildman–Crippen MR) is 92.2 cm³/mol. The Labute approximate surface area is 151 Å². The third-order valence-electron chi connectivity index (χ3n) is 4.22. The predicted octanol–water partition coefficient (Wildman–Crippen LogP) is 3.02. The van der Waals surface area contributed by atoms with Gasteiger partial charge < -0.3 is 23.8 Å². The molecule has 0 saturated carbocycles. The van der Waals surface area contributed by atoms with Crippen LogP contribution in [0.3, 0.4) is 0 Å². The van der Waals surface area contributed by atoms with E-state index in [1.54, 1.807) is 29.2 Å². The highest BCUT2D eigenvalue weighted by molar-refractivity contribution is 5.96. The number of carbonyl (C=O) groups excluding carboxylic acids is 1. The number of hydrogen-bond acceptors (Lipinski definition) is 5. The van der Waals surface area contributed by atoms with Gasteiger partial charge in [-0.15, -0.1) is 0 Å². The van der Waals surface area contributed by atoms with Crippen LogP contribution in [0.2, 0.25) is 0 Å². The van der Waals surface area contributed by atoms with E-state index >= 15 is 0 Å². The number of ether oxygens (including phenoxy) is 4. The first-order valence-corrected chi connectivity index (χ1v) is 8.07. The molecular weight excluding hydrogens is 341 g/mol.